The predicted molar refractivity (Wildman–Crippen MR) is 89.6 cm³/mol. The Hall–Kier alpha value is -0.380. The zero-order valence-electron chi connectivity index (χ0n) is 12.2. The zero-order valence-corrected chi connectivity index (χ0v) is 16.1. The van der Waals surface area contributed by atoms with E-state index >= 15 is 0 Å². The lowest BCUT2D eigenvalue weighted by Gasteiger charge is -2.48. The highest BCUT2D eigenvalue weighted by Crippen LogP contribution is 2.53. The van der Waals surface area contributed by atoms with Gasteiger partial charge in [0.25, 0.3) is 0 Å². The molecular formula is C15H17Br2NO2S. The lowest BCUT2D eigenvalue weighted by atomic mass is 9.63. The maximum absolute atomic E-state index is 12.9. The van der Waals surface area contributed by atoms with Crippen LogP contribution in [-0.2, 0) is 9.84 Å². The molecule has 0 bridgehead atoms. The first-order valence-electron chi connectivity index (χ1n) is 6.64. The van der Waals surface area contributed by atoms with Gasteiger partial charge in [-0.05, 0) is 58.3 Å². The van der Waals surface area contributed by atoms with Crippen LogP contribution in [0.25, 0.3) is 0 Å². The molecule has 0 aliphatic heterocycles. The molecular weight excluding hydrogens is 418 g/mol. The maximum Gasteiger partial charge on any atom is 0.198 e. The van der Waals surface area contributed by atoms with E-state index in [-0.39, 0.29) is 16.2 Å². The Morgan fingerprint density at radius 2 is 1.86 bits per heavy atom. The summed E-state index contributed by atoms with van der Waals surface area (Å²) in [5.41, 5.74) is 0.0182. The number of rotatable bonds is 2. The SMILES string of the molecule is CC(C)(C)C1CC(C#N)(S(=O)(=O)c2cc(Br)ccc2Br)C1. The van der Waals surface area contributed by atoms with E-state index < -0.39 is 14.6 Å². The van der Waals surface area contributed by atoms with Gasteiger partial charge in [0.1, 0.15) is 0 Å². The van der Waals surface area contributed by atoms with E-state index in [2.05, 4.69) is 58.7 Å². The maximum atomic E-state index is 12.9. The molecule has 21 heavy (non-hydrogen) atoms. The molecule has 0 heterocycles. The van der Waals surface area contributed by atoms with Gasteiger partial charge in [-0.15, -0.1) is 0 Å². The van der Waals surface area contributed by atoms with Crippen molar-refractivity contribution in [1.29, 1.82) is 5.26 Å². The number of nitrogens with zero attached hydrogens (tertiary/aromatic N) is 1. The van der Waals surface area contributed by atoms with Crippen LogP contribution in [0, 0.1) is 22.7 Å². The third-order valence-electron chi connectivity index (χ3n) is 4.28. The average Bonchev–Trinajstić information content (AvgIpc) is 2.29. The Morgan fingerprint density at radius 1 is 1.29 bits per heavy atom. The lowest BCUT2D eigenvalue weighted by molar-refractivity contribution is 0.117. The van der Waals surface area contributed by atoms with E-state index in [4.69, 9.17) is 0 Å². The molecule has 0 spiro atoms. The van der Waals surface area contributed by atoms with Gasteiger partial charge in [0.05, 0.1) is 11.0 Å². The van der Waals surface area contributed by atoms with Crippen LogP contribution in [0.3, 0.4) is 0 Å². The third kappa shape index (κ3) is 2.80. The van der Waals surface area contributed by atoms with Crippen molar-refractivity contribution in [3.05, 3.63) is 27.1 Å². The minimum Gasteiger partial charge on any atom is -0.222 e. The van der Waals surface area contributed by atoms with Gasteiger partial charge in [-0.2, -0.15) is 5.26 Å². The summed E-state index contributed by atoms with van der Waals surface area (Å²) in [7, 11) is -3.70. The van der Waals surface area contributed by atoms with Crippen LogP contribution in [-0.4, -0.2) is 13.2 Å². The summed E-state index contributed by atoms with van der Waals surface area (Å²) in [5.74, 6) is 0.248. The molecule has 3 nitrogen and oxygen atoms in total. The monoisotopic (exact) mass is 433 g/mol. The highest BCUT2D eigenvalue weighted by atomic mass is 79.9. The van der Waals surface area contributed by atoms with Gasteiger partial charge in [-0.1, -0.05) is 36.7 Å². The van der Waals surface area contributed by atoms with Crippen molar-refractivity contribution in [3.8, 4) is 6.07 Å². The van der Waals surface area contributed by atoms with Crippen LogP contribution in [0.5, 0.6) is 0 Å². The van der Waals surface area contributed by atoms with Crippen LogP contribution in [0.4, 0.5) is 0 Å². The Bertz CT molecular complexity index is 708. The van der Waals surface area contributed by atoms with Gasteiger partial charge in [0, 0.05) is 8.95 Å². The van der Waals surface area contributed by atoms with Crippen LogP contribution < -0.4 is 0 Å². The summed E-state index contributed by atoms with van der Waals surface area (Å²) in [6.07, 6.45) is 0.794. The molecule has 6 heteroatoms. The molecule has 0 N–H and O–H groups in total. The molecule has 0 atom stereocenters. The fraction of sp³-hybridized carbons (Fsp3) is 0.533. The van der Waals surface area contributed by atoms with Gasteiger partial charge < -0.3 is 0 Å². The van der Waals surface area contributed by atoms with Gasteiger partial charge >= 0.3 is 0 Å². The largest absolute Gasteiger partial charge is 0.222 e. The second-order valence-electron chi connectivity index (χ2n) is 6.66. The van der Waals surface area contributed by atoms with Crippen LogP contribution >= 0.6 is 31.9 Å². The van der Waals surface area contributed by atoms with E-state index in [1.165, 1.54) is 0 Å². The Balaban J connectivity index is 2.45. The number of benzene rings is 1. The number of sulfone groups is 1. The van der Waals surface area contributed by atoms with Crippen molar-refractivity contribution in [3.63, 3.8) is 0 Å². The van der Waals surface area contributed by atoms with Crippen molar-refractivity contribution in [2.24, 2.45) is 11.3 Å². The summed E-state index contributed by atoms with van der Waals surface area (Å²) < 4.78 is 25.8. The fourth-order valence-electron chi connectivity index (χ4n) is 2.61. The molecule has 1 fully saturated rings. The van der Waals surface area contributed by atoms with Crippen LogP contribution in [0.15, 0.2) is 32.0 Å². The summed E-state index contributed by atoms with van der Waals surface area (Å²) in [5, 5.41) is 9.52. The van der Waals surface area contributed by atoms with E-state index in [0.717, 1.165) is 0 Å². The topological polar surface area (TPSA) is 57.9 Å². The van der Waals surface area contributed by atoms with Gasteiger partial charge in [0.2, 0.25) is 0 Å². The first kappa shape index (κ1) is 17.0. The normalized spacial score (nSPS) is 26.0. The second-order valence-corrected chi connectivity index (χ2v) is 10.7. The number of hydrogen-bond acceptors (Lipinski definition) is 3. The summed E-state index contributed by atoms with van der Waals surface area (Å²) in [6.45, 7) is 6.25. The smallest absolute Gasteiger partial charge is 0.198 e. The van der Waals surface area contributed by atoms with Gasteiger partial charge in [0.15, 0.2) is 14.6 Å². The first-order valence-corrected chi connectivity index (χ1v) is 9.71. The molecule has 1 aliphatic carbocycles. The van der Waals surface area contributed by atoms with Crippen LogP contribution in [0.2, 0.25) is 0 Å². The molecule has 0 unspecified atom stereocenters. The molecule has 1 aliphatic rings. The fourth-order valence-corrected chi connectivity index (χ4v) is 6.00. The van der Waals surface area contributed by atoms with Gasteiger partial charge in [-0.25, -0.2) is 8.42 Å². The molecule has 114 valence electrons. The molecule has 0 amide bonds. The standard InChI is InChI=1S/C15H17Br2NO2S/c1-14(2,3)10-7-15(8-10,9-18)21(19,20)13-6-11(16)4-5-12(13)17/h4-6,10H,7-8H2,1-3H3. The molecule has 0 saturated heterocycles. The molecule has 2 rings (SSSR count). The lowest BCUT2D eigenvalue weighted by Crippen LogP contribution is -2.52. The molecule has 0 radical (unpaired) electrons. The quantitative estimate of drug-likeness (QED) is 0.677. The van der Waals surface area contributed by atoms with Crippen molar-refractivity contribution < 1.29 is 8.42 Å². The third-order valence-corrected chi connectivity index (χ3v) is 8.10. The summed E-state index contributed by atoms with van der Waals surface area (Å²) in [4.78, 5) is 0.186. The Labute approximate surface area is 142 Å². The highest BCUT2D eigenvalue weighted by molar-refractivity contribution is 9.11. The summed E-state index contributed by atoms with van der Waals surface area (Å²) in [6, 6.07) is 7.08. The van der Waals surface area contributed by atoms with Crippen molar-refractivity contribution in [2.45, 2.75) is 43.3 Å². The number of nitriles is 1. The van der Waals surface area contributed by atoms with Crippen molar-refractivity contribution >= 4 is 41.7 Å². The molecule has 1 aromatic carbocycles. The number of hydrogen-bond donors (Lipinski definition) is 0. The average molecular weight is 435 g/mol. The minimum atomic E-state index is -3.70. The first-order chi connectivity index (χ1) is 9.53. The predicted octanol–water partition coefficient (Wildman–Crippen LogP) is 4.70. The Kier molecular flexibility index (Phi) is 4.34. The van der Waals surface area contributed by atoms with Gasteiger partial charge in [-0.3, -0.25) is 0 Å². The van der Waals surface area contributed by atoms with E-state index in [9.17, 15) is 13.7 Å². The minimum absolute atomic E-state index is 0.0182. The van der Waals surface area contributed by atoms with Crippen molar-refractivity contribution in [1.82, 2.24) is 0 Å². The zero-order chi connectivity index (χ0) is 16.1. The summed E-state index contributed by atoms with van der Waals surface area (Å²) >= 11 is 6.58. The molecule has 1 aromatic rings. The Morgan fingerprint density at radius 3 is 2.33 bits per heavy atom. The molecule has 0 aromatic heterocycles. The highest BCUT2D eigenvalue weighted by Gasteiger charge is 2.58. The van der Waals surface area contributed by atoms with E-state index in [1.54, 1.807) is 18.2 Å². The van der Waals surface area contributed by atoms with Crippen LogP contribution in [0.1, 0.15) is 33.6 Å². The molecule has 1 saturated carbocycles. The number of halogens is 2. The van der Waals surface area contributed by atoms with Crippen molar-refractivity contribution in [2.75, 3.05) is 0 Å². The van der Waals surface area contributed by atoms with E-state index in [1.807, 2.05) is 0 Å². The second kappa shape index (κ2) is 5.36. The van der Waals surface area contributed by atoms with E-state index in [0.29, 0.717) is 21.8 Å².